The molecule has 0 bridgehead atoms. The largest absolute Gasteiger partial charge is 0.349 e. The van der Waals surface area contributed by atoms with Crippen molar-refractivity contribution < 1.29 is 13.2 Å². The van der Waals surface area contributed by atoms with Crippen LogP contribution in [0.1, 0.15) is 48.9 Å². The first-order chi connectivity index (χ1) is 11.9. The third-order valence-electron chi connectivity index (χ3n) is 4.78. The Bertz CT molecular complexity index is 917. The lowest BCUT2D eigenvalue weighted by Gasteiger charge is -2.20. The Morgan fingerprint density at radius 1 is 1.08 bits per heavy atom. The van der Waals surface area contributed by atoms with Crippen LogP contribution in [0.25, 0.3) is 0 Å². The van der Waals surface area contributed by atoms with E-state index >= 15 is 0 Å². The highest BCUT2D eigenvalue weighted by Gasteiger charge is 2.24. The molecule has 1 heterocycles. The van der Waals surface area contributed by atoms with Gasteiger partial charge in [-0.05, 0) is 37.8 Å². The lowest BCUT2D eigenvalue weighted by molar-refractivity contribution is 0.0864. The molecule has 1 fully saturated rings. The van der Waals surface area contributed by atoms with Crippen LogP contribution >= 0.6 is 0 Å². The summed E-state index contributed by atoms with van der Waals surface area (Å²) >= 11 is 0. The van der Waals surface area contributed by atoms with Gasteiger partial charge in [-0.1, -0.05) is 37.0 Å². The molecule has 2 aromatic rings. The van der Waals surface area contributed by atoms with Crippen LogP contribution in [0.4, 0.5) is 0 Å². The molecule has 1 aromatic heterocycles. The van der Waals surface area contributed by atoms with E-state index in [0.29, 0.717) is 3.97 Å². The van der Waals surface area contributed by atoms with Crippen LogP contribution in [0.2, 0.25) is 0 Å². The minimum atomic E-state index is -4.00. The first-order valence-corrected chi connectivity index (χ1v) is 9.99. The van der Waals surface area contributed by atoms with Crippen LogP contribution in [0.15, 0.2) is 46.3 Å². The van der Waals surface area contributed by atoms with Crippen molar-refractivity contribution in [1.82, 2.24) is 8.54 Å². The summed E-state index contributed by atoms with van der Waals surface area (Å²) < 4.78 is 26.8. The van der Waals surface area contributed by atoms with Crippen LogP contribution in [0, 0.1) is 12.8 Å². The van der Waals surface area contributed by atoms with Crippen LogP contribution in [-0.2, 0) is 10.0 Å². The quantitative estimate of drug-likeness (QED) is 0.838. The molecule has 3 rings (SSSR count). The number of hydrogen-bond acceptors (Lipinski definition) is 4. The molecular formula is C18H22N2O4S. The van der Waals surface area contributed by atoms with E-state index in [2.05, 4.69) is 0 Å². The molecule has 0 spiro atoms. The van der Waals surface area contributed by atoms with E-state index in [1.807, 2.05) is 6.92 Å². The molecule has 0 aliphatic heterocycles. The number of imidazole rings is 1. The number of rotatable bonds is 4. The lowest BCUT2D eigenvalue weighted by Crippen LogP contribution is -2.33. The van der Waals surface area contributed by atoms with E-state index in [-0.39, 0.29) is 23.1 Å². The average Bonchev–Trinajstić information content (AvgIpc) is 2.98. The summed E-state index contributed by atoms with van der Waals surface area (Å²) in [6, 6.07) is 6.25. The fourth-order valence-corrected chi connectivity index (χ4v) is 4.51. The van der Waals surface area contributed by atoms with Crippen molar-refractivity contribution in [3.8, 4) is 0 Å². The summed E-state index contributed by atoms with van der Waals surface area (Å²) in [5, 5.41) is 0. The molecule has 1 aliphatic rings. The zero-order valence-electron chi connectivity index (χ0n) is 14.2. The molecule has 0 radical (unpaired) electrons. The van der Waals surface area contributed by atoms with Gasteiger partial charge >= 0.3 is 5.69 Å². The molecule has 6 nitrogen and oxygen atoms in total. The van der Waals surface area contributed by atoms with Crippen molar-refractivity contribution in [2.45, 2.75) is 50.3 Å². The summed E-state index contributed by atoms with van der Waals surface area (Å²) in [4.78, 5) is 24.9. The van der Waals surface area contributed by atoms with E-state index in [4.69, 9.17) is 0 Å². The van der Waals surface area contributed by atoms with Crippen molar-refractivity contribution in [2.24, 2.45) is 5.92 Å². The fraction of sp³-hybridized carbons (Fsp3) is 0.444. The first-order valence-electron chi connectivity index (χ1n) is 8.55. The van der Waals surface area contributed by atoms with Crippen molar-refractivity contribution in [3.63, 3.8) is 0 Å². The predicted octanol–water partition coefficient (Wildman–Crippen LogP) is 2.81. The van der Waals surface area contributed by atoms with Crippen LogP contribution in [-0.4, -0.2) is 22.9 Å². The molecular weight excluding hydrogens is 340 g/mol. The summed E-state index contributed by atoms with van der Waals surface area (Å²) in [6.07, 6.45) is 8.07. The Balaban J connectivity index is 1.86. The highest BCUT2D eigenvalue weighted by molar-refractivity contribution is 7.90. The van der Waals surface area contributed by atoms with Gasteiger partial charge in [-0.2, -0.15) is 3.97 Å². The van der Waals surface area contributed by atoms with Gasteiger partial charge in [0.25, 0.3) is 10.0 Å². The minimum absolute atomic E-state index is 0.0256. The predicted molar refractivity (Wildman–Crippen MR) is 94.3 cm³/mol. The van der Waals surface area contributed by atoms with Gasteiger partial charge in [-0.15, -0.1) is 0 Å². The number of aromatic nitrogens is 2. The van der Waals surface area contributed by atoms with Crippen LogP contribution in [0.3, 0.4) is 0 Å². The van der Waals surface area contributed by atoms with Crippen LogP contribution < -0.4 is 5.69 Å². The molecule has 0 atom stereocenters. The van der Waals surface area contributed by atoms with Crippen molar-refractivity contribution in [2.75, 3.05) is 0 Å². The zero-order valence-corrected chi connectivity index (χ0v) is 15.0. The van der Waals surface area contributed by atoms with Crippen LogP contribution in [0.5, 0.6) is 0 Å². The molecule has 1 aliphatic carbocycles. The van der Waals surface area contributed by atoms with Crippen molar-refractivity contribution in [3.05, 3.63) is 52.7 Å². The molecule has 0 amide bonds. The van der Waals surface area contributed by atoms with Crippen molar-refractivity contribution in [1.29, 1.82) is 0 Å². The van der Waals surface area contributed by atoms with E-state index < -0.39 is 15.7 Å². The third kappa shape index (κ3) is 3.61. The Morgan fingerprint density at radius 2 is 1.72 bits per heavy atom. The Labute approximate surface area is 147 Å². The summed E-state index contributed by atoms with van der Waals surface area (Å²) in [7, 11) is -4.00. The second kappa shape index (κ2) is 7.00. The molecule has 0 N–H and O–H groups in total. The van der Waals surface area contributed by atoms with E-state index in [1.54, 1.807) is 12.1 Å². The third-order valence-corrected chi connectivity index (χ3v) is 6.44. The molecule has 7 heteroatoms. The minimum Gasteiger partial charge on any atom is -0.274 e. The van der Waals surface area contributed by atoms with Gasteiger partial charge in [0.05, 0.1) is 4.90 Å². The summed E-state index contributed by atoms with van der Waals surface area (Å²) in [5.41, 5.74) is 0.0907. The number of nitrogens with zero attached hydrogens (tertiary/aromatic N) is 2. The van der Waals surface area contributed by atoms with E-state index in [0.717, 1.165) is 42.0 Å². The number of benzene rings is 1. The topological polar surface area (TPSA) is 78.1 Å². The normalized spacial score (nSPS) is 16.0. The lowest BCUT2D eigenvalue weighted by atomic mass is 9.87. The number of aryl methyl sites for hydroxylation is 1. The molecule has 25 heavy (non-hydrogen) atoms. The smallest absolute Gasteiger partial charge is 0.274 e. The Kier molecular flexibility index (Phi) is 4.94. The molecule has 0 saturated heterocycles. The van der Waals surface area contributed by atoms with Gasteiger partial charge in [0, 0.05) is 18.8 Å². The van der Waals surface area contributed by atoms with Gasteiger partial charge < -0.3 is 0 Å². The first kappa shape index (κ1) is 17.7. The van der Waals surface area contributed by atoms with Gasteiger partial charge in [0.1, 0.15) is 0 Å². The molecule has 0 unspecified atom stereocenters. The highest BCUT2D eigenvalue weighted by atomic mass is 32.2. The number of carbonyl (C=O) groups excluding carboxylic acids is 1. The maximum atomic E-state index is 12.6. The maximum Gasteiger partial charge on any atom is 0.349 e. The zero-order chi connectivity index (χ0) is 18.0. The van der Waals surface area contributed by atoms with E-state index in [9.17, 15) is 18.0 Å². The second-order valence-electron chi connectivity index (χ2n) is 6.67. The standard InChI is InChI=1S/C18H22N2O4S/c1-14-7-9-16(10-8-14)25(23,24)20-12-11-19(18(20)22)17(21)13-15-5-3-2-4-6-15/h7-12,15H,2-6,13H2,1H3. The Hall–Kier alpha value is -2.15. The van der Waals surface area contributed by atoms with Gasteiger partial charge in [0.15, 0.2) is 0 Å². The highest BCUT2D eigenvalue weighted by Crippen LogP contribution is 2.26. The van der Waals surface area contributed by atoms with Gasteiger partial charge in [-0.3, -0.25) is 4.79 Å². The number of carbonyl (C=O) groups is 1. The molecule has 1 saturated carbocycles. The summed E-state index contributed by atoms with van der Waals surface area (Å²) in [6.45, 7) is 1.85. The fourth-order valence-electron chi connectivity index (χ4n) is 3.29. The summed E-state index contributed by atoms with van der Waals surface area (Å²) in [5.74, 6) is -0.0556. The van der Waals surface area contributed by atoms with Crippen molar-refractivity contribution >= 4 is 15.9 Å². The second-order valence-corrected chi connectivity index (χ2v) is 8.48. The SMILES string of the molecule is Cc1ccc(S(=O)(=O)n2ccn(C(=O)CC3CCCCC3)c2=O)cc1. The molecule has 134 valence electrons. The Morgan fingerprint density at radius 3 is 2.36 bits per heavy atom. The monoisotopic (exact) mass is 362 g/mol. The maximum absolute atomic E-state index is 12.6. The van der Waals surface area contributed by atoms with Gasteiger partial charge in [0.2, 0.25) is 5.91 Å². The molecule has 1 aromatic carbocycles. The number of hydrogen-bond donors (Lipinski definition) is 0. The van der Waals surface area contributed by atoms with E-state index in [1.165, 1.54) is 24.8 Å². The van der Waals surface area contributed by atoms with Gasteiger partial charge in [-0.25, -0.2) is 17.8 Å². The average molecular weight is 362 g/mol.